The third-order valence-electron chi connectivity index (χ3n) is 12.6. The van der Waals surface area contributed by atoms with Crippen molar-refractivity contribution in [2.24, 2.45) is 0 Å². The second-order valence-corrected chi connectivity index (χ2v) is 20.7. The van der Waals surface area contributed by atoms with Gasteiger partial charge in [0.1, 0.15) is 26.4 Å². The SMILES string of the molecule is COCCOCCO[C@H](C)COC(=O)c1cc2cc(c1)C#CC#Cc1cc(cc(C(=O)OC[C@@H](C)OCCOCCOC)c1)C#CC#Cc1cc(cc(C(=O)OC[C@@H](C)OCCOCCOC)c1)C#CC#Cc1cc(cc(C(=O)OC[C@@H](C)OCCOCCOC)c1)C#CC#C2. The van der Waals surface area contributed by atoms with Crippen LogP contribution in [0.15, 0.2) is 72.8 Å². The van der Waals surface area contributed by atoms with Crippen LogP contribution in [-0.2, 0) is 75.8 Å². The standard InChI is InChI=1S/C76H80O20/c1-57(89-37-33-85-29-25-81-5)53-93-73(77)69-45-61-17-9-11-19-63-42-65(49-70(47-63)74(78)94-54-58(2)90-38-34-86-30-26-82-6)21-13-15-23-67-44-68(52-72(51-67)76(80)96-56-60(4)92-40-36-88-32-28-84-8)24-16-14-22-66-43-64(20-12-10-18-62(41-61)46-69)48-71(50-66)75(79)95-55-59(3)91-39-35-87-31-27-83-7/h41-52,57-60H,25-40,53-56H2,1-8H3/t57-,58-,59-,60-/m1/s1. The number of esters is 4. The van der Waals surface area contributed by atoms with Gasteiger partial charge in [-0.2, -0.15) is 0 Å². The van der Waals surface area contributed by atoms with Crippen LogP contribution in [0, 0.1) is 94.7 Å². The lowest BCUT2D eigenvalue weighted by Gasteiger charge is -2.14. The number of ether oxygens (including phenoxy) is 16. The van der Waals surface area contributed by atoms with Gasteiger partial charge >= 0.3 is 23.9 Å². The van der Waals surface area contributed by atoms with Gasteiger partial charge in [-0.25, -0.2) is 19.2 Å². The first-order valence-electron chi connectivity index (χ1n) is 30.9. The van der Waals surface area contributed by atoms with Gasteiger partial charge in [0, 0.05) is 72.9 Å². The Labute approximate surface area is 563 Å². The summed E-state index contributed by atoms with van der Waals surface area (Å²) in [4.78, 5) is 54.6. The smallest absolute Gasteiger partial charge is 0.338 e. The predicted octanol–water partition coefficient (Wildman–Crippen LogP) is 6.51. The number of carbonyl (C=O) groups excluding carboxylic acids is 4. The molecule has 20 heteroatoms. The minimum Gasteiger partial charge on any atom is -0.459 e. The van der Waals surface area contributed by atoms with Crippen molar-refractivity contribution >= 4 is 23.9 Å². The van der Waals surface area contributed by atoms with E-state index in [1.54, 1.807) is 129 Å². The van der Waals surface area contributed by atoms with E-state index in [1.807, 2.05) is 0 Å². The van der Waals surface area contributed by atoms with E-state index in [-0.39, 0.29) is 75.1 Å². The minimum atomic E-state index is -0.663. The van der Waals surface area contributed by atoms with E-state index in [1.165, 1.54) is 0 Å². The first kappa shape index (κ1) is 77.5. The van der Waals surface area contributed by atoms with Gasteiger partial charge in [-0.05, 0) is 148 Å². The molecule has 1 aliphatic carbocycles. The van der Waals surface area contributed by atoms with Gasteiger partial charge in [0.2, 0.25) is 0 Å². The Bertz CT molecular complexity index is 3080. The zero-order chi connectivity index (χ0) is 68.8. The number of rotatable bonds is 40. The fourth-order valence-corrected chi connectivity index (χ4v) is 7.89. The molecule has 0 unspecified atom stereocenters. The number of hydrogen-bond acceptors (Lipinski definition) is 20. The van der Waals surface area contributed by atoms with E-state index >= 15 is 0 Å². The highest BCUT2D eigenvalue weighted by Gasteiger charge is 2.17. The molecule has 504 valence electrons. The number of fused-ring (bicyclic) bond motifs is 8. The van der Waals surface area contributed by atoms with Crippen LogP contribution in [0.25, 0.3) is 0 Å². The molecule has 4 aromatic rings. The summed E-state index contributed by atoms with van der Waals surface area (Å²) in [5, 5.41) is 0. The van der Waals surface area contributed by atoms with Crippen molar-refractivity contribution in [1.29, 1.82) is 0 Å². The summed E-state index contributed by atoms with van der Waals surface area (Å²) in [7, 11) is 6.34. The first-order chi connectivity index (χ1) is 46.7. The van der Waals surface area contributed by atoms with Gasteiger partial charge in [0.05, 0.1) is 152 Å². The van der Waals surface area contributed by atoms with Gasteiger partial charge in [-0.15, -0.1) is 0 Å². The lowest BCUT2D eigenvalue weighted by molar-refractivity contribution is -0.0270. The number of hydrogen-bond donors (Lipinski definition) is 0. The van der Waals surface area contributed by atoms with Crippen LogP contribution < -0.4 is 0 Å². The van der Waals surface area contributed by atoms with Crippen LogP contribution >= 0.6 is 0 Å². The van der Waals surface area contributed by atoms with Crippen molar-refractivity contribution in [1.82, 2.24) is 0 Å². The molecule has 96 heavy (non-hydrogen) atoms. The topological polar surface area (TPSA) is 216 Å². The molecule has 4 aromatic carbocycles. The zero-order valence-electron chi connectivity index (χ0n) is 55.5. The van der Waals surface area contributed by atoms with Gasteiger partial charge in [0.15, 0.2) is 0 Å². The van der Waals surface area contributed by atoms with Crippen LogP contribution in [-0.4, -0.2) is 209 Å². The van der Waals surface area contributed by atoms with Crippen molar-refractivity contribution in [3.8, 4) is 94.7 Å². The monoisotopic (exact) mass is 1310 g/mol. The van der Waals surface area contributed by atoms with E-state index in [9.17, 15) is 19.2 Å². The lowest BCUT2D eigenvalue weighted by atomic mass is 10.0. The van der Waals surface area contributed by atoms with Crippen LogP contribution in [0.5, 0.6) is 0 Å². The molecule has 8 bridgehead atoms. The highest BCUT2D eigenvalue weighted by Crippen LogP contribution is 2.16. The van der Waals surface area contributed by atoms with Gasteiger partial charge in [-0.3, -0.25) is 0 Å². The van der Waals surface area contributed by atoms with Crippen LogP contribution in [0.4, 0.5) is 0 Å². The number of carbonyl (C=O) groups is 4. The molecule has 20 nitrogen and oxygen atoms in total. The Balaban J connectivity index is 1.57. The second kappa shape index (κ2) is 46.8. The van der Waals surface area contributed by atoms with Crippen molar-refractivity contribution in [2.45, 2.75) is 52.1 Å². The molecule has 4 atom stereocenters. The molecule has 0 fully saturated rings. The second-order valence-electron chi connectivity index (χ2n) is 20.7. The summed E-state index contributed by atoms with van der Waals surface area (Å²) in [6.45, 7) is 12.7. The molecular formula is C76H80O20. The number of methoxy groups -OCH3 is 4. The molecule has 0 saturated carbocycles. The lowest BCUT2D eigenvalue weighted by Crippen LogP contribution is -2.21. The van der Waals surface area contributed by atoms with Crippen LogP contribution in [0.1, 0.15) is 114 Å². The molecule has 0 aromatic heterocycles. The third kappa shape index (κ3) is 32.7. The van der Waals surface area contributed by atoms with Crippen molar-refractivity contribution < 1.29 is 95.0 Å². The predicted molar refractivity (Wildman–Crippen MR) is 354 cm³/mol. The molecule has 0 saturated heterocycles. The number of benzene rings is 4. The van der Waals surface area contributed by atoms with E-state index in [4.69, 9.17) is 75.8 Å². The summed E-state index contributed by atoms with van der Waals surface area (Å²) in [6.07, 6.45) is -1.82. The largest absolute Gasteiger partial charge is 0.459 e. The Hall–Kier alpha value is -9.24. The highest BCUT2D eigenvalue weighted by atomic mass is 16.6. The average Bonchev–Trinajstić information content (AvgIpc) is 1.52. The van der Waals surface area contributed by atoms with E-state index in [0.29, 0.717) is 124 Å². The maximum atomic E-state index is 13.7. The third-order valence-corrected chi connectivity index (χ3v) is 12.6. The molecule has 0 radical (unpaired) electrons. The zero-order valence-corrected chi connectivity index (χ0v) is 55.5. The van der Waals surface area contributed by atoms with E-state index in [0.717, 1.165) is 0 Å². The fourth-order valence-electron chi connectivity index (χ4n) is 7.89. The summed E-state index contributed by atoms with van der Waals surface area (Å²) in [6, 6.07) is 19.0. The van der Waals surface area contributed by atoms with E-state index < -0.39 is 48.3 Å². The van der Waals surface area contributed by atoms with Gasteiger partial charge < -0.3 is 75.8 Å². The molecule has 1 aliphatic rings. The molecule has 0 aliphatic heterocycles. The van der Waals surface area contributed by atoms with E-state index in [2.05, 4.69) is 94.7 Å². The maximum Gasteiger partial charge on any atom is 0.338 e. The summed E-state index contributed by atoms with van der Waals surface area (Å²) < 4.78 is 87.6. The summed E-state index contributed by atoms with van der Waals surface area (Å²) in [5.74, 6) is 44.0. The molecule has 0 amide bonds. The normalized spacial score (nSPS) is 12.2. The summed E-state index contributed by atoms with van der Waals surface area (Å²) >= 11 is 0. The van der Waals surface area contributed by atoms with Crippen LogP contribution in [0.2, 0.25) is 0 Å². The molecule has 0 spiro atoms. The van der Waals surface area contributed by atoms with Crippen molar-refractivity contribution in [2.75, 3.05) is 161 Å². The Kier molecular flexibility index (Phi) is 37.7. The maximum absolute atomic E-state index is 13.7. The summed E-state index contributed by atoms with van der Waals surface area (Å²) in [5.41, 5.74) is 3.45. The molecular weight excluding hydrogens is 1230 g/mol. The Morgan fingerprint density at radius 1 is 0.260 bits per heavy atom. The van der Waals surface area contributed by atoms with Crippen molar-refractivity contribution in [3.05, 3.63) is 140 Å². The van der Waals surface area contributed by atoms with Gasteiger partial charge in [-0.1, -0.05) is 47.4 Å². The molecule has 5 rings (SSSR count). The minimum absolute atomic E-state index is 0.0603. The molecule has 0 N–H and O–H groups in total. The fraction of sp³-hybridized carbons (Fsp3) is 0.421. The van der Waals surface area contributed by atoms with Gasteiger partial charge in [0.25, 0.3) is 0 Å². The Morgan fingerprint density at radius 3 is 0.594 bits per heavy atom. The quantitative estimate of drug-likeness (QED) is 0.0201. The molecule has 0 heterocycles. The Morgan fingerprint density at radius 2 is 0.427 bits per heavy atom. The van der Waals surface area contributed by atoms with Crippen molar-refractivity contribution in [3.63, 3.8) is 0 Å². The average molecular weight is 1310 g/mol. The first-order valence-corrected chi connectivity index (χ1v) is 30.9. The highest BCUT2D eigenvalue weighted by molar-refractivity contribution is 5.92. The van der Waals surface area contributed by atoms with Crippen LogP contribution in [0.3, 0.4) is 0 Å².